The van der Waals surface area contributed by atoms with Crippen LogP contribution in [0.2, 0.25) is 5.02 Å². The summed E-state index contributed by atoms with van der Waals surface area (Å²) in [6, 6.07) is 16.8. The molecule has 3 amide bonds. The van der Waals surface area contributed by atoms with E-state index in [-0.39, 0.29) is 31.0 Å². The molecule has 0 spiro atoms. The second-order valence-corrected chi connectivity index (χ2v) is 13.2. The Morgan fingerprint density at radius 2 is 1.84 bits per heavy atom. The van der Waals surface area contributed by atoms with Crippen LogP contribution in [0, 0.1) is 11.8 Å². The molecule has 4 atom stereocenters. The largest absolute Gasteiger partial charge is 0.440 e. The van der Waals surface area contributed by atoms with E-state index >= 15 is 0 Å². The fourth-order valence-electron chi connectivity index (χ4n) is 5.47. The van der Waals surface area contributed by atoms with Gasteiger partial charge in [-0.2, -0.15) is 0 Å². The van der Waals surface area contributed by atoms with E-state index in [0.717, 1.165) is 35.9 Å². The molecule has 11 heteroatoms. The Morgan fingerprint density at radius 3 is 2.45 bits per heavy atom. The predicted molar refractivity (Wildman–Crippen MR) is 172 cm³/mol. The second kappa shape index (κ2) is 16.6. The summed E-state index contributed by atoms with van der Waals surface area (Å²) in [5.41, 5.74) is 6.32. The lowest BCUT2D eigenvalue weighted by Crippen LogP contribution is -2.35. The lowest BCUT2D eigenvalue weighted by atomic mass is 9.76. The molecule has 0 saturated carbocycles. The van der Waals surface area contributed by atoms with Crippen LogP contribution in [0.1, 0.15) is 82.9 Å². The minimum atomic E-state index is -1.07. The first-order valence-electron chi connectivity index (χ1n) is 15.0. The highest BCUT2D eigenvalue weighted by atomic mass is 35.5. The van der Waals surface area contributed by atoms with Gasteiger partial charge in [-0.25, -0.2) is 4.79 Å². The van der Waals surface area contributed by atoms with E-state index in [4.69, 9.17) is 22.1 Å². The van der Waals surface area contributed by atoms with Crippen LogP contribution in [-0.4, -0.2) is 41.3 Å². The van der Waals surface area contributed by atoms with Crippen molar-refractivity contribution in [3.8, 4) is 0 Å². The van der Waals surface area contributed by atoms with E-state index in [9.17, 15) is 24.0 Å². The molecule has 1 saturated heterocycles. The number of nitrogens with two attached hydrogens (primary N) is 1. The zero-order chi connectivity index (χ0) is 32.3. The van der Waals surface area contributed by atoms with Crippen molar-refractivity contribution in [2.45, 2.75) is 82.5 Å². The number of nitrogens with one attached hydrogen (secondary N) is 2. The summed E-state index contributed by atoms with van der Waals surface area (Å²) in [7, 11) is 0. The van der Waals surface area contributed by atoms with Gasteiger partial charge in [0.05, 0.1) is 5.25 Å². The number of primary amides is 1. The van der Waals surface area contributed by atoms with Gasteiger partial charge in [-0.1, -0.05) is 87.7 Å². The average molecular weight is 644 g/mol. The van der Waals surface area contributed by atoms with Gasteiger partial charge in [-0.3, -0.25) is 23.9 Å². The van der Waals surface area contributed by atoms with Crippen molar-refractivity contribution < 1.29 is 28.7 Å². The number of rotatable bonds is 17. The van der Waals surface area contributed by atoms with E-state index in [1.807, 2.05) is 69.3 Å². The lowest BCUT2D eigenvalue weighted by Gasteiger charge is -2.35. The summed E-state index contributed by atoms with van der Waals surface area (Å²) in [6.45, 7) is 6.47. The van der Waals surface area contributed by atoms with Crippen LogP contribution in [0.25, 0.3) is 0 Å². The van der Waals surface area contributed by atoms with E-state index in [0.29, 0.717) is 24.4 Å². The number of unbranched alkanes of at least 4 members (excludes halogenated alkanes) is 1. The van der Waals surface area contributed by atoms with Crippen molar-refractivity contribution in [3.05, 3.63) is 70.7 Å². The smallest absolute Gasteiger partial charge is 0.417 e. The van der Waals surface area contributed by atoms with Crippen LogP contribution in [0.3, 0.4) is 0 Å². The number of hydrogen-bond donors (Lipinski definition) is 3. The van der Waals surface area contributed by atoms with E-state index < -0.39 is 46.4 Å². The predicted octanol–water partition coefficient (Wildman–Crippen LogP) is 5.84. The first kappa shape index (κ1) is 35.1. The maximum atomic E-state index is 13.3. The average Bonchev–Trinajstić information content (AvgIpc) is 3.41. The standard InChI is InChI=1S/C33H42ClN3O6S/c1-4-5-14-27(26(38)16-15-22(28(39)30(35)40)19-23-17-18-36-31(23)41)44-37-32(42)43-29(21-10-7-6-8-11-21)33(2,3)24-12-9-13-25(34)20-24/h6-13,20,22-23,27,29H,4-5,14-19H2,1-3H3,(H2,35,40)(H,36,41)(H,37,42)/t22-,23-,27-,29?/m0/s1. The summed E-state index contributed by atoms with van der Waals surface area (Å²) >= 11 is 7.26. The van der Waals surface area contributed by atoms with Crippen molar-refractivity contribution in [2.75, 3.05) is 6.54 Å². The summed E-state index contributed by atoms with van der Waals surface area (Å²) in [5, 5.41) is 2.72. The molecule has 1 aliphatic rings. The molecule has 4 N–H and O–H groups in total. The molecule has 2 aromatic carbocycles. The van der Waals surface area contributed by atoms with Crippen LogP contribution >= 0.6 is 23.5 Å². The highest BCUT2D eigenvalue weighted by molar-refractivity contribution is 7.99. The van der Waals surface area contributed by atoms with Gasteiger partial charge in [-0.15, -0.1) is 0 Å². The molecule has 0 bridgehead atoms. The van der Waals surface area contributed by atoms with Crippen molar-refractivity contribution in [2.24, 2.45) is 17.6 Å². The van der Waals surface area contributed by atoms with Gasteiger partial charge in [0, 0.05) is 35.2 Å². The number of hydrogen-bond acceptors (Lipinski definition) is 7. The summed E-state index contributed by atoms with van der Waals surface area (Å²) in [6.07, 6.45) is 1.58. The van der Waals surface area contributed by atoms with Crippen molar-refractivity contribution in [1.29, 1.82) is 0 Å². The Balaban J connectivity index is 1.69. The molecule has 1 heterocycles. The lowest BCUT2D eigenvalue weighted by molar-refractivity contribution is -0.139. The molecule has 9 nitrogen and oxygen atoms in total. The molecule has 238 valence electrons. The fourth-order valence-corrected chi connectivity index (χ4v) is 6.48. The van der Waals surface area contributed by atoms with Crippen molar-refractivity contribution in [3.63, 3.8) is 0 Å². The first-order valence-corrected chi connectivity index (χ1v) is 16.3. The molecule has 1 unspecified atom stereocenters. The third-order valence-electron chi connectivity index (χ3n) is 8.10. The Kier molecular flexibility index (Phi) is 13.3. The van der Waals surface area contributed by atoms with Gasteiger partial charge in [-0.05, 0) is 60.9 Å². The van der Waals surface area contributed by atoms with Crippen LogP contribution in [-0.2, 0) is 29.3 Å². The summed E-state index contributed by atoms with van der Waals surface area (Å²) < 4.78 is 8.73. The zero-order valence-corrected chi connectivity index (χ0v) is 27.0. The highest BCUT2D eigenvalue weighted by Crippen LogP contribution is 2.40. The molecule has 2 aromatic rings. The van der Waals surface area contributed by atoms with Crippen LogP contribution in [0.15, 0.2) is 54.6 Å². The highest BCUT2D eigenvalue weighted by Gasteiger charge is 2.37. The molecule has 3 rings (SSSR count). The minimum Gasteiger partial charge on any atom is -0.440 e. The van der Waals surface area contributed by atoms with E-state index in [1.54, 1.807) is 6.07 Å². The summed E-state index contributed by atoms with van der Waals surface area (Å²) in [4.78, 5) is 62.8. The number of amides is 3. The third-order valence-corrected chi connectivity index (χ3v) is 9.40. The molecule has 1 fully saturated rings. The van der Waals surface area contributed by atoms with Crippen molar-refractivity contribution in [1.82, 2.24) is 10.0 Å². The van der Waals surface area contributed by atoms with Crippen LogP contribution in [0.5, 0.6) is 0 Å². The van der Waals surface area contributed by atoms with Crippen LogP contribution in [0.4, 0.5) is 4.79 Å². The topological polar surface area (TPSA) is 145 Å². The molecule has 1 aliphatic heterocycles. The van der Waals surface area contributed by atoms with Gasteiger partial charge in [0.2, 0.25) is 11.7 Å². The number of carbonyl (C=O) groups excluding carboxylic acids is 5. The third kappa shape index (κ3) is 9.82. The molecular weight excluding hydrogens is 602 g/mol. The second-order valence-electron chi connectivity index (χ2n) is 11.7. The van der Waals surface area contributed by atoms with Gasteiger partial charge in [0.15, 0.2) is 0 Å². The SMILES string of the molecule is CCCC[C@H](SNC(=O)OC(c1ccccc1)C(C)(C)c1cccc(Cl)c1)C(=O)CC[C@@H](C[C@@H]1CCNC1=O)C(=O)C(N)=O. The maximum Gasteiger partial charge on any atom is 0.417 e. The molecular formula is C33H42ClN3O6S. The van der Waals surface area contributed by atoms with Gasteiger partial charge >= 0.3 is 6.09 Å². The summed E-state index contributed by atoms with van der Waals surface area (Å²) in [5.74, 6) is -3.39. The monoisotopic (exact) mass is 643 g/mol. The van der Waals surface area contributed by atoms with E-state index in [1.165, 1.54) is 0 Å². The number of benzene rings is 2. The Morgan fingerprint density at radius 1 is 1.11 bits per heavy atom. The maximum absolute atomic E-state index is 13.3. The quantitative estimate of drug-likeness (QED) is 0.145. The number of halogens is 1. The molecule has 44 heavy (non-hydrogen) atoms. The zero-order valence-electron chi connectivity index (χ0n) is 25.5. The Labute approximate surface area is 268 Å². The molecule has 0 radical (unpaired) electrons. The van der Waals surface area contributed by atoms with Crippen LogP contribution < -0.4 is 15.8 Å². The number of carbonyl (C=O) groups is 5. The van der Waals surface area contributed by atoms with Gasteiger partial charge in [0.25, 0.3) is 5.91 Å². The molecule has 0 aliphatic carbocycles. The number of Topliss-reactive ketones (excluding diaryl/α,β-unsaturated/α-hetero) is 2. The van der Waals surface area contributed by atoms with Crippen molar-refractivity contribution >= 4 is 53.0 Å². The molecule has 0 aromatic heterocycles. The van der Waals surface area contributed by atoms with E-state index in [2.05, 4.69) is 10.0 Å². The minimum absolute atomic E-state index is 0.00454. The number of ketones is 2. The number of ether oxygens (including phenoxy) is 1. The van der Waals surface area contributed by atoms with Gasteiger partial charge in [0.1, 0.15) is 11.9 Å². The first-order chi connectivity index (χ1) is 20.9. The van der Waals surface area contributed by atoms with Gasteiger partial charge < -0.3 is 15.8 Å². The fraction of sp³-hybridized carbons (Fsp3) is 0.485. The normalized spacial score (nSPS) is 16.8. The Hall–Kier alpha value is -3.37. The Bertz CT molecular complexity index is 1320.